The van der Waals surface area contributed by atoms with Crippen molar-refractivity contribution >= 4 is 5.69 Å². The number of nitrogens with two attached hydrogens (primary N) is 1. The number of hydrogen-bond acceptors (Lipinski definition) is 3. The molecule has 0 atom stereocenters. The molecule has 0 aliphatic carbocycles. The molecule has 20 heavy (non-hydrogen) atoms. The molecule has 1 aromatic heterocycles. The maximum absolute atomic E-state index is 12.2. The highest BCUT2D eigenvalue weighted by Gasteiger charge is 2.12. The third-order valence-electron chi connectivity index (χ3n) is 3.11. The highest BCUT2D eigenvalue weighted by Crippen LogP contribution is 2.29. The third kappa shape index (κ3) is 2.69. The molecule has 0 aliphatic heterocycles. The van der Waals surface area contributed by atoms with E-state index >= 15 is 0 Å². The van der Waals surface area contributed by atoms with Crippen LogP contribution in [-0.2, 0) is 6.54 Å². The lowest BCUT2D eigenvalue weighted by Crippen LogP contribution is -2.24. The van der Waals surface area contributed by atoms with E-state index in [1.807, 2.05) is 44.2 Å². The number of pyridine rings is 1. The molecule has 0 saturated heterocycles. The fraction of sp³-hybridized carbons (Fsp3) is 0.312. The maximum atomic E-state index is 12.2. The average molecular weight is 272 g/mol. The largest absolute Gasteiger partial charge is 0.493 e. The van der Waals surface area contributed by atoms with Crippen LogP contribution in [-0.4, -0.2) is 11.2 Å². The summed E-state index contributed by atoms with van der Waals surface area (Å²) in [7, 11) is 0. The van der Waals surface area contributed by atoms with Gasteiger partial charge in [0, 0.05) is 12.1 Å². The van der Waals surface area contributed by atoms with Gasteiger partial charge in [0.15, 0.2) is 0 Å². The number of nitrogen functional groups attached to an aromatic ring is 1. The summed E-state index contributed by atoms with van der Waals surface area (Å²) in [5, 5.41) is 0. The molecular weight excluding hydrogens is 252 g/mol. The first-order chi connectivity index (χ1) is 9.69. The molecule has 0 bridgehead atoms. The first kappa shape index (κ1) is 14.2. The predicted octanol–water partition coefficient (Wildman–Crippen LogP) is 2.91. The van der Waals surface area contributed by atoms with E-state index in [2.05, 4.69) is 0 Å². The van der Waals surface area contributed by atoms with Crippen LogP contribution in [0.25, 0.3) is 11.3 Å². The number of ether oxygens (including phenoxy) is 1. The van der Waals surface area contributed by atoms with Gasteiger partial charge in [-0.2, -0.15) is 0 Å². The number of nitrogens with zero attached hydrogens (tertiary/aromatic N) is 1. The number of benzene rings is 1. The van der Waals surface area contributed by atoms with E-state index in [9.17, 15) is 4.79 Å². The van der Waals surface area contributed by atoms with Gasteiger partial charge in [0.25, 0.3) is 5.56 Å². The number of hydrogen-bond donors (Lipinski definition) is 1. The van der Waals surface area contributed by atoms with E-state index < -0.39 is 0 Å². The van der Waals surface area contributed by atoms with Crippen molar-refractivity contribution in [1.82, 2.24) is 4.57 Å². The molecule has 4 heteroatoms. The monoisotopic (exact) mass is 272 g/mol. The maximum Gasteiger partial charge on any atom is 0.274 e. The molecule has 2 rings (SSSR count). The smallest absolute Gasteiger partial charge is 0.274 e. The zero-order chi connectivity index (χ0) is 14.5. The SMILES string of the molecule is CCCn1c(-c2ccccc2OCC)ccc(N)c1=O. The summed E-state index contributed by atoms with van der Waals surface area (Å²) in [6, 6.07) is 11.3. The van der Waals surface area contributed by atoms with Crippen molar-refractivity contribution in [3.8, 4) is 17.0 Å². The van der Waals surface area contributed by atoms with Gasteiger partial charge in [-0.05, 0) is 37.6 Å². The third-order valence-corrected chi connectivity index (χ3v) is 3.11. The highest BCUT2D eigenvalue weighted by atomic mass is 16.5. The first-order valence-corrected chi connectivity index (χ1v) is 6.90. The Hall–Kier alpha value is -2.23. The Labute approximate surface area is 118 Å². The molecule has 2 aromatic rings. The lowest BCUT2D eigenvalue weighted by atomic mass is 10.1. The first-order valence-electron chi connectivity index (χ1n) is 6.90. The predicted molar refractivity (Wildman–Crippen MR) is 82.0 cm³/mol. The van der Waals surface area contributed by atoms with Gasteiger partial charge < -0.3 is 15.0 Å². The Balaban J connectivity index is 2.63. The lowest BCUT2D eigenvalue weighted by Gasteiger charge is -2.16. The number of para-hydroxylation sites is 1. The van der Waals surface area contributed by atoms with E-state index in [-0.39, 0.29) is 11.2 Å². The van der Waals surface area contributed by atoms with Crippen LogP contribution in [0.5, 0.6) is 5.75 Å². The molecule has 1 aromatic carbocycles. The van der Waals surface area contributed by atoms with Crippen LogP contribution < -0.4 is 16.0 Å². The fourth-order valence-electron chi connectivity index (χ4n) is 2.24. The van der Waals surface area contributed by atoms with Crippen molar-refractivity contribution in [1.29, 1.82) is 0 Å². The van der Waals surface area contributed by atoms with E-state index in [0.717, 1.165) is 23.4 Å². The second-order valence-corrected chi connectivity index (χ2v) is 4.56. The van der Waals surface area contributed by atoms with Crippen molar-refractivity contribution in [2.24, 2.45) is 0 Å². The number of rotatable bonds is 5. The van der Waals surface area contributed by atoms with Crippen molar-refractivity contribution in [3.05, 3.63) is 46.8 Å². The molecule has 0 unspecified atom stereocenters. The highest BCUT2D eigenvalue weighted by molar-refractivity contribution is 5.68. The quantitative estimate of drug-likeness (QED) is 0.910. The molecule has 0 spiro atoms. The molecule has 4 nitrogen and oxygen atoms in total. The van der Waals surface area contributed by atoms with Crippen LogP contribution >= 0.6 is 0 Å². The standard InChI is InChI=1S/C16H20N2O2/c1-3-11-18-14(10-9-13(17)16(18)19)12-7-5-6-8-15(12)20-4-2/h5-10H,3-4,11,17H2,1-2H3. The van der Waals surface area contributed by atoms with Crippen LogP contribution in [0.15, 0.2) is 41.2 Å². The summed E-state index contributed by atoms with van der Waals surface area (Å²) in [5.74, 6) is 0.782. The minimum atomic E-state index is -0.143. The zero-order valence-corrected chi connectivity index (χ0v) is 11.9. The van der Waals surface area contributed by atoms with Crippen molar-refractivity contribution in [2.45, 2.75) is 26.8 Å². The molecule has 1 heterocycles. The summed E-state index contributed by atoms with van der Waals surface area (Å²) >= 11 is 0. The Morgan fingerprint density at radius 2 is 1.90 bits per heavy atom. The van der Waals surface area contributed by atoms with Crippen molar-refractivity contribution in [3.63, 3.8) is 0 Å². The van der Waals surface area contributed by atoms with Gasteiger partial charge in [0.05, 0.1) is 18.0 Å². The lowest BCUT2D eigenvalue weighted by molar-refractivity contribution is 0.341. The average Bonchev–Trinajstić information content (AvgIpc) is 2.46. The van der Waals surface area contributed by atoms with Gasteiger partial charge in [-0.25, -0.2) is 0 Å². The summed E-state index contributed by atoms with van der Waals surface area (Å²) in [5.41, 5.74) is 7.62. The molecule has 2 N–H and O–H groups in total. The van der Waals surface area contributed by atoms with Gasteiger partial charge in [-0.15, -0.1) is 0 Å². The zero-order valence-electron chi connectivity index (χ0n) is 11.9. The van der Waals surface area contributed by atoms with Gasteiger partial charge in [-0.3, -0.25) is 4.79 Å². The fourth-order valence-corrected chi connectivity index (χ4v) is 2.24. The summed E-state index contributed by atoms with van der Waals surface area (Å²) < 4.78 is 7.36. The van der Waals surface area contributed by atoms with E-state index in [0.29, 0.717) is 13.2 Å². The Morgan fingerprint density at radius 1 is 1.15 bits per heavy atom. The molecule has 0 radical (unpaired) electrons. The van der Waals surface area contributed by atoms with Crippen LogP contribution in [0, 0.1) is 0 Å². The Bertz CT molecular complexity index is 647. The van der Waals surface area contributed by atoms with Crippen molar-refractivity contribution < 1.29 is 4.74 Å². The van der Waals surface area contributed by atoms with Gasteiger partial charge in [-0.1, -0.05) is 19.1 Å². The van der Waals surface area contributed by atoms with E-state index in [4.69, 9.17) is 10.5 Å². The molecular formula is C16H20N2O2. The summed E-state index contributed by atoms with van der Waals surface area (Å²) in [6.45, 7) is 5.20. The van der Waals surface area contributed by atoms with Gasteiger partial charge in [0.2, 0.25) is 0 Å². The molecule has 0 fully saturated rings. The molecule has 0 aliphatic rings. The molecule has 0 amide bonds. The van der Waals surface area contributed by atoms with Crippen LogP contribution in [0.1, 0.15) is 20.3 Å². The normalized spacial score (nSPS) is 10.5. The topological polar surface area (TPSA) is 57.2 Å². The molecule has 106 valence electrons. The molecule has 0 saturated carbocycles. The van der Waals surface area contributed by atoms with Gasteiger partial charge in [0.1, 0.15) is 5.75 Å². The van der Waals surface area contributed by atoms with Crippen molar-refractivity contribution in [2.75, 3.05) is 12.3 Å². The van der Waals surface area contributed by atoms with Crippen LogP contribution in [0.3, 0.4) is 0 Å². The summed E-state index contributed by atoms with van der Waals surface area (Å²) in [4.78, 5) is 12.2. The summed E-state index contributed by atoms with van der Waals surface area (Å²) in [6.07, 6.45) is 0.868. The van der Waals surface area contributed by atoms with Crippen LogP contribution in [0.4, 0.5) is 5.69 Å². The van der Waals surface area contributed by atoms with E-state index in [1.165, 1.54) is 0 Å². The van der Waals surface area contributed by atoms with Crippen LogP contribution in [0.2, 0.25) is 0 Å². The second-order valence-electron chi connectivity index (χ2n) is 4.56. The minimum absolute atomic E-state index is 0.143. The Kier molecular flexibility index (Phi) is 4.45. The Morgan fingerprint density at radius 3 is 2.60 bits per heavy atom. The second kappa shape index (κ2) is 6.28. The van der Waals surface area contributed by atoms with E-state index in [1.54, 1.807) is 10.6 Å². The number of aromatic nitrogens is 1. The minimum Gasteiger partial charge on any atom is -0.493 e. The van der Waals surface area contributed by atoms with Gasteiger partial charge >= 0.3 is 0 Å². The number of anilines is 1.